The molecule has 1 unspecified atom stereocenters. The number of hydrogen-bond acceptors (Lipinski definition) is 3. The van der Waals surface area contributed by atoms with Gasteiger partial charge in [0.25, 0.3) is 0 Å². The lowest BCUT2D eigenvalue weighted by atomic mass is 10.1. The molecule has 0 radical (unpaired) electrons. The number of fused-ring (bicyclic) bond motifs is 1. The summed E-state index contributed by atoms with van der Waals surface area (Å²) in [5.74, 6) is 0.920. The molecule has 92 valence electrons. The first-order valence-electron chi connectivity index (χ1n) is 5.68. The van der Waals surface area contributed by atoms with E-state index in [4.69, 9.17) is 4.42 Å². The number of hydrogen-bond donors (Lipinski definition) is 1. The molecule has 3 rings (SSSR count). The van der Waals surface area contributed by atoms with Crippen LogP contribution in [0.1, 0.15) is 16.7 Å². The van der Waals surface area contributed by atoms with Crippen molar-refractivity contribution in [3.8, 4) is 0 Å². The van der Waals surface area contributed by atoms with Gasteiger partial charge in [-0.25, -0.2) is 0 Å². The van der Waals surface area contributed by atoms with Crippen LogP contribution in [0.3, 0.4) is 0 Å². The van der Waals surface area contributed by atoms with Crippen molar-refractivity contribution in [2.75, 3.05) is 7.05 Å². The minimum Gasteiger partial charge on any atom is -0.466 e. The maximum absolute atomic E-state index is 5.57. The standard InChI is InChI=1S/C14H12BrNOS/c1-16-13(14-10(15)6-7-17-14)12-8-9-4-2-3-5-11(9)18-12/h2-8,13,16H,1H3. The summed E-state index contributed by atoms with van der Waals surface area (Å²) in [6.07, 6.45) is 1.71. The molecule has 0 bridgehead atoms. The van der Waals surface area contributed by atoms with Gasteiger partial charge in [-0.1, -0.05) is 18.2 Å². The van der Waals surface area contributed by atoms with E-state index < -0.39 is 0 Å². The van der Waals surface area contributed by atoms with E-state index in [2.05, 4.69) is 51.6 Å². The third kappa shape index (κ3) is 2.00. The lowest BCUT2D eigenvalue weighted by Gasteiger charge is -2.11. The molecule has 1 atom stereocenters. The fourth-order valence-electron chi connectivity index (χ4n) is 2.06. The second kappa shape index (κ2) is 4.88. The lowest BCUT2D eigenvalue weighted by molar-refractivity contribution is 0.464. The molecule has 0 saturated carbocycles. The van der Waals surface area contributed by atoms with E-state index in [-0.39, 0.29) is 6.04 Å². The van der Waals surface area contributed by atoms with Crippen molar-refractivity contribution >= 4 is 37.4 Å². The average molecular weight is 322 g/mol. The Hall–Kier alpha value is -1.10. The van der Waals surface area contributed by atoms with Crippen molar-refractivity contribution in [1.82, 2.24) is 5.32 Å². The molecule has 0 amide bonds. The van der Waals surface area contributed by atoms with E-state index in [1.165, 1.54) is 15.0 Å². The SMILES string of the molecule is CNC(c1cc2ccccc2s1)c1occc1Br. The average Bonchev–Trinajstić information content (AvgIpc) is 2.97. The minimum atomic E-state index is 0.0896. The maximum atomic E-state index is 5.57. The van der Waals surface area contributed by atoms with Crippen molar-refractivity contribution in [3.05, 3.63) is 57.8 Å². The first-order valence-corrected chi connectivity index (χ1v) is 7.29. The normalized spacial score (nSPS) is 13.0. The van der Waals surface area contributed by atoms with Gasteiger partial charge in [-0.2, -0.15) is 0 Å². The highest BCUT2D eigenvalue weighted by Gasteiger charge is 2.20. The van der Waals surface area contributed by atoms with Gasteiger partial charge in [0.2, 0.25) is 0 Å². The van der Waals surface area contributed by atoms with E-state index in [0.717, 1.165) is 10.2 Å². The van der Waals surface area contributed by atoms with E-state index >= 15 is 0 Å². The van der Waals surface area contributed by atoms with Gasteiger partial charge in [0, 0.05) is 9.58 Å². The van der Waals surface area contributed by atoms with Crippen molar-refractivity contribution < 1.29 is 4.42 Å². The summed E-state index contributed by atoms with van der Waals surface area (Å²) >= 11 is 5.31. The van der Waals surface area contributed by atoms with Gasteiger partial charge in [0.1, 0.15) is 11.8 Å². The summed E-state index contributed by atoms with van der Waals surface area (Å²) in [6, 6.07) is 12.7. The van der Waals surface area contributed by atoms with E-state index in [1.54, 1.807) is 17.6 Å². The molecule has 2 nitrogen and oxygen atoms in total. The molecule has 0 aliphatic heterocycles. The highest BCUT2D eigenvalue weighted by molar-refractivity contribution is 9.10. The Bertz CT molecular complexity index is 640. The first kappa shape index (κ1) is 12.0. The van der Waals surface area contributed by atoms with Gasteiger partial charge >= 0.3 is 0 Å². The van der Waals surface area contributed by atoms with Gasteiger partial charge in [-0.05, 0) is 46.6 Å². The van der Waals surface area contributed by atoms with Crippen LogP contribution in [0.25, 0.3) is 10.1 Å². The fraction of sp³-hybridized carbons (Fsp3) is 0.143. The summed E-state index contributed by atoms with van der Waals surface area (Å²) in [5, 5.41) is 4.59. The molecular weight excluding hydrogens is 310 g/mol. The zero-order valence-corrected chi connectivity index (χ0v) is 12.2. The van der Waals surface area contributed by atoms with Crippen LogP contribution in [-0.4, -0.2) is 7.05 Å². The van der Waals surface area contributed by atoms with Gasteiger partial charge in [-0.3, -0.25) is 0 Å². The summed E-state index contributed by atoms with van der Waals surface area (Å²) in [5.41, 5.74) is 0. The highest BCUT2D eigenvalue weighted by Crippen LogP contribution is 2.35. The third-order valence-electron chi connectivity index (χ3n) is 2.92. The second-order valence-corrected chi connectivity index (χ2v) is 6.01. The number of thiophene rings is 1. The molecule has 18 heavy (non-hydrogen) atoms. The quantitative estimate of drug-likeness (QED) is 0.764. The number of halogens is 1. The molecule has 2 aromatic heterocycles. The molecule has 0 spiro atoms. The van der Waals surface area contributed by atoms with Crippen molar-refractivity contribution in [2.24, 2.45) is 0 Å². The molecule has 4 heteroatoms. The molecule has 0 saturated heterocycles. The van der Waals surface area contributed by atoms with Crippen molar-refractivity contribution in [3.63, 3.8) is 0 Å². The molecule has 0 fully saturated rings. The summed E-state index contributed by atoms with van der Waals surface area (Å²) in [7, 11) is 1.95. The Kier molecular flexibility index (Phi) is 3.24. The summed E-state index contributed by atoms with van der Waals surface area (Å²) in [4.78, 5) is 1.26. The zero-order valence-electron chi connectivity index (χ0n) is 9.81. The van der Waals surface area contributed by atoms with Crippen LogP contribution in [0.2, 0.25) is 0 Å². The van der Waals surface area contributed by atoms with Crippen molar-refractivity contribution in [1.29, 1.82) is 0 Å². The molecule has 3 aromatic rings. The van der Waals surface area contributed by atoms with Crippen LogP contribution in [-0.2, 0) is 0 Å². The Morgan fingerprint density at radius 2 is 2.11 bits per heavy atom. The number of nitrogens with one attached hydrogen (secondary N) is 1. The second-order valence-electron chi connectivity index (χ2n) is 4.04. The van der Waals surface area contributed by atoms with Gasteiger partial charge in [0.15, 0.2) is 0 Å². The third-order valence-corrected chi connectivity index (χ3v) is 4.76. The van der Waals surface area contributed by atoms with Crippen LogP contribution >= 0.6 is 27.3 Å². The lowest BCUT2D eigenvalue weighted by Crippen LogP contribution is -2.16. The van der Waals surface area contributed by atoms with Crippen LogP contribution in [0.5, 0.6) is 0 Å². The Balaban J connectivity index is 2.09. The van der Waals surface area contributed by atoms with Crippen molar-refractivity contribution in [2.45, 2.75) is 6.04 Å². The smallest absolute Gasteiger partial charge is 0.140 e. The van der Waals surface area contributed by atoms with Gasteiger partial charge in [-0.15, -0.1) is 11.3 Å². The summed E-state index contributed by atoms with van der Waals surface area (Å²) < 4.78 is 7.87. The zero-order chi connectivity index (χ0) is 12.5. The van der Waals surface area contributed by atoms with Crippen LogP contribution in [0, 0.1) is 0 Å². The van der Waals surface area contributed by atoms with Gasteiger partial charge in [0.05, 0.1) is 10.7 Å². The molecule has 0 aliphatic rings. The Labute approximate surface area is 118 Å². The number of benzene rings is 1. The van der Waals surface area contributed by atoms with E-state index in [0.29, 0.717) is 0 Å². The molecule has 1 aromatic carbocycles. The number of rotatable bonds is 3. The van der Waals surface area contributed by atoms with Crippen LogP contribution in [0.4, 0.5) is 0 Å². The predicted octanol–water partition coefficient (Wildman–Crippen LogP) is 4.57. The topological polar surface area (TPSA) is 25.2 Å². The number of furan rings is 1. The van der Waals surface area contributed by atoms with E-state index in [9.17, 15) is 0 Å². The molecule has 2 heterocycles. The maximum Gasteiger partial charge on any atom is 0.140 e. The van der Waals surface area contributed by atoms with Crippen LogP contribution in [0.15, 0.2) is 51.6 Å². The van der Waals surface area contributed by atoms with Crippen LogP contribution < -0.4 is 5.32 Å². The Morgan fingerprint density at radius 1 is 1.28 bits per heavy atom. The monoisotopic (exact) mass is 321 g/mol. The predicted molar refractivity (Wildman–Crippen MR) is 79.1 cm³/mol. The summed E-state index contributed by atoms with van der Waals surface area (Å²) in [6.45, 7) is 0. The van der Waals surface area contributed by atoms with E-state index in [1.807, 2.05) is 13.1 Å². The minimum absolute atomic E-state index is 0.0896. The highest BCUT2D eigenvalue weighted by atomic mass is 79.9. The molecule has 0 aliphatic carbocycles. The molecule has 1 N–H and O–H groups in total. The fourth-order valence-corrected chi connectivity index (χ4v) is 3.66. The first-order chi connectivity index (χ1) is 8.79. The Morgan fingerprint density at radius 3 is 2.78 bits per heavy atom. The molecular formula is C14H12BrNOS. The largest absolute Gasteiger partial charge is 0.466 e. The van der Waals surface area contributed by atoms with Gasteiger partial charge < -0.3 is 9.73 Å².